The number of aromatic nitrogens is 2. The van der Waals surface area contributed by atoms with Gasteiger partial charge in [-0.05, 0) is 39.8 Å². The van der Waals surface area contributed by atoms with Crippen LogP contribution in [0.3, 0.4) is 0 Å². The Hall–Kier alpha value is -2.10. The molecule has 1 aromatic heterocycles. The highest BCUT2D eigenvalue weighted by molar-refractivity contribution is 5.90. The van der Waals surface area contributed by atoms with Gasteiger partial charge in [0.25, 0.3) is 0 Å². The lowest BCUT2D eigenvalue weighted by molar-refractivity contribution is 0.00687. The van der Waals surface area contributed by atoms with Gasteiger partial charge < -0.3 is 4.74 Å². The lowest BCUT2D eigenvalue weighted by Crippen LogP contribution is -2.24. The summed E-state index contributed by atoms with van der Waals surface area (Å²) in [6.07, 6.45) is 1.55. The molecular weight excluding hydrogens is 240 g/mol. The fourth-order valence-corrected chi connectivity index (χ4v) is 1.77. The Morgan fingerprint density at radius 2 is 1.84 bits per heavy atom. The Bertz CT molecular complexity index is 580. The van der Waals surface area contributed by atoms with Crippen molar-refractivity contribution in [2.24, 2.45) is 0 Å². The number of benzene rings is 1. The van der Waals surface area contributed by atoms with Gasteiger partial charge in [-0.15, -0.1) is 0 Å². The molecule has 0 saturated heterocycles. The van der Waals surface area contributed by atoms with E-state index in [9.17, 15) is 4.79 Å². The van der Waals surface area contributed by atoms with Crippen LogP contribution in [0.15, 0.2) is 36.5 Å². The van der Waals surface area contributed by atoms with Crippen molar-refractivity contribution in [3.05, 3.63) is 47.8 Å². The Labute approximate surface area is 113 Å². The predicted octanol–water partition coefficient (Wildman–Crippen LogP) is 3.14. The molecule has 0 aliphatic rings. The smallest absolute Gasteiger partial charge is 0.342 e. The van der Waals surface area contributed by atoms with Crippen LogP contribution in [0.25, 0.3) is 5.69 Å². The van der Waals surface area contributed by atoms with E-state index in [1.165, 1.54) is 0 Å². The van der Waals surface area contributed by atoms with Crippen molar-refractivity contribution in [1.82, 2.24) is 9.78 Å². The number of carbonyl (C=O) groups excluding carboxylic acids is 1. The van der Waals surface area contributed by atoms with E-state index in [1.54, 1.807) is 10.9 Å². The number of para-hydroxylation sites is 1. The summed E-state index contributed by atoms with van der Waals surface area (Å²) >= 11 is 0. The van der Waals surface area contributed by atoms with Crippen LogP contribution in [0.4, 0.5) is 0 Å². The first-order valence-electron chi connectivity index (χ1n) is 6.22. The first-order valence-corrected chi connectivity index (χ1v) is 6.22. The minimum atomic E-state index is -0.502. The number of carbonyl (C=O) groups is 1. The van der Waals surface area contributed by atoms with Gasteiger partial charge in [-0.2, -0.15) is 5.10 Å². The second-order valence-electron chi connectivity index (χ2n) is 5.39. The van der Waals surface area contributed by atoms with Crippen LogP contribution in [0.2, 0.25) is 0 Å². The highest BCUT2D eigenvalue weighted by atomic mass is 16.6. The van der Waals surface area contributed by atoms with Gasteiger partial charge in [-0.3, -0.25) is 0 Å². The molecule has 4 heteroatoms. The molecule has 0 bridgehead atoms. The maximum absolute atomic E-state index is 12.1. The van der Waals surface area contributed by atoms with Gasteiger partial charge in [0.2, 0.25) is 0 Å². The molecule has 1 heterocycles. The highest BCUT2D eigenvalue weighted by Crippen LogP contribution is 2.17. The average Bonchev–Trinajstić information content (AvgIpc) is 2.70. The van der Waals surface area contributed by atoms with Crippen molar-refractivity contribution in [2.75, 3.05) is 0 Å². The van der Waals surface area contributed by atoms with E-state index in [0.717, 1.165) is 11.4 Å². The summed E-state index contributed by atoms with van der Waals surface area (Å²) in [6.45, 7) is 7.41. The molecule has 100 valence electrons. The van der Waals surface area contributed by atoms with E-state index in [4.69, 9.17) is 4.74 Å². The molecule has 0 fully saturated rings. The number of ether oxygens (including phenoxy) is 1. The number of esters is 1. The number of nitrogens with zero attached hydrogens (tertiary/aromatic N) is 2. The molecule has 0 unspecified atom stereocenters. The normalized spacial score (nSPS) is 11.4. The van der Waals surface area contributed by atoms with E-state index >= 15 is 0 Å². The molecule has 4 nitrogen and oxygen atoms in total. The molecule has 0 atom stereocenters. The zero-order chi connectivity index (χ0) is 14.0. The topological polar surface area (TPSA) is 44.1 Å². The van der Waals surface area contributed by atoms with Gasteiger partial charge in [0.05, 0.1) is 17.6 Å². The van der Waals surface area contributed by atoms with Crippen LogP contribution in [0.5, 0.6) is 0 Å². The molecule has 1 aromatic carbocycles. The maximum atomic E-state index is 12.1. The molecular formula is C15H18N2O2. The Kier molecular flexibility index (Phi) is 3.42. The van der Waals surface area contributed by atoms with Gasteiger partial charge in [0.1, 0.15) is 11.2 Å². The molecule has 0 saturated carbocycles. The maximum Gasteiger partial charge on any atom is 0.342 e. The molecule has 0 amide bonds. The highest BCUT2D eigenvalue weighted by Gasteiger charge is 2.22. The molecule has 2 rings (SSSR count). The molecule has 0 N–H and O–H groups in total. The molecule has 0 aliphatic carbocycles. The van der Waals surface area contributed by atoms with E-state index in [-0.39, 0.29) is 5.97 Å². The van der Waals surface area contributed by atoms with Crippen LogP contribution in [-0.4, -0.2) is 21.4 Å². The first kappa shape index (κ1) is 13.3. The second kappa shape index (κ2) is 4.88. The summed E-state index contributed by atoms with van der Waals surface area (Å²) in [4.78, 5) is 12.1. The molecule has 0 spiro atoms. The number of rotatable bonds is 2. The monoisotopic (exact) mass is 258 g/mol. The largest absolute Gasteiger partial charge is 0.456 e. The first-order chi connectivity index (χ1) is 8.88. The lowest BCUT2D eigenvalue weighted by Gasteiger charge is -2.19. The number of hydrogen-bond donors (Lipinski definition) is 0. The van der Waals surface area contributed by atoms with Crippen LogP contribution in [0.1, 0.15) is 36.8 Å². The van der Waals surface area contributed by atoms with Crippen molar-refractivity contribution in [2.45, 2.75) is 33.3 Å². The summed E-state index contributed by atoms with van der Waals surface area (Å²) in [6, 6.07) is 9.70. The van der Waals surface area contributed by atoms with Crippen LogP contribution in [0, 0.1) is 6.92 Å². The third kappa shape index (κ3) is 3.02. The zero-order valence-corrected chi connectivity index (χ0v) is 11.7. The summed E-state index contributed by atoms with van der Waals surface area (Å²) in [5.74, 6) is -0.341. The van der Waals surface area contributed by atoms with Gasteiger partial charge >= 0.3 is 5.97 Å². The van der Waals surface area contributed by atoms with Crippen molar-refractivity contribution >= 4 is 5.97 Å². The van der Waals surface area contributed by atoms with Crippen molar-refractivity contribution in [1.29, 1.82) is 0 Å². The quantitative estimate of drug-likeness (QED) is 0.777. The number of hydrogen-bond acceptors (Lipinski definition) is 3. The zero-order valence-electron chi connectivity index (χ0n) is 11.7. The van der Waals surface area contributed by atoms with Crippen LogP contribution >= 0.6 is 0 Å². The molecule has 0 aliphatic heterocycles. The Morgan fingerprint density at radius 3 is 2.42 bits per heavy atom. The average molecular weight is 258 g/mol. The van der Waals surface area contributed by atoms with Crippen LogP contribution in [-0.2, 0) is 4.74 Å². The Balaban J connectivity index is 2.31. The van der Waals surface area contributed by atoms with Crippen molar-refractivity contribution in [3.8, 4) is 5.69 Å². The Morgan fingerprint density at radius 1 is 1.21 bits per heavy atom. The SMILES string of the molecule is Cc1c(C(=O)OC(C)(C)C)cnn1-c1ccccc1. The fraction of sp³-hybridized carbons (Fsp3) is 0.333. The van der Waals surface area contributed by atoms with Gasteiger partial charge in [-0.1, -0.05) is 18.2 Å². The molecule has 2 aromatic rings. The van der Waals surface area contributed by atoms with Gasteiger partial charge in [0, 0.05) is 0 Å². The lowest BCUT2D eigenvalue weighted by atomic mass is 10.2. The van der Waals surface area contributed by atoms with Gasteiger partial charge in [-0.25, -0.2) is 9.48 Å². The minimum Gasteiger partial charge on any atom is -0.456 e. The van der Waals surface area contributed by atoms with E-state index in [0.29, 0.717) is 5.56 Å². The third-order valence-corrected chi connectivity index (χ3v) is 2.63. The second-order valence-corrected chi connectivity index (χ2v) is 5.39. The predicted molar refractivity (Wildman–Crippen MR) is 73.5 cm³/mol. The van der Waals surface area contributed by atoms with Crippen molar-refractivity contribution in [3.63, 3.8) is 0 Å². The molecule has 19 heavy (non-hydrogen) atoms. The minimum absolute atomic E-state index is 0.341. The third-order valence-electron chi connectivity index (χ3n) is 2.63. The van der Waals surface area contributed by atoms with Gasteiger partial charge in [0.15, 0.2) is 0 Å². The summed E-state index contributed by atoms with van der Waals surface area (Å²) in [5, 5.41) is 4.25. The summed E-state index contributed by atoms with van der Waals surface area (Å²) in [5.41, 5.74) is 1.70. The van der Waals surface area contributed by atoms with E-state index < -0.39 is 5.60 Å². The standard InChI is InChI=1S/C15H18N2O2/c1-11-13(14(18)19-15(2,3)4)10-16-17(11)12-8-6-5-7-9-12/h5-10H,1-4H3. The van der Waals surface area contributed by atoms with Crippen molar-refractivity contribution < 1.29 is 9.53 Å². The van der Waals surface area contributed by atoms with E-state index in [2.05, 4.69) is 5.10 Å². The molecule has 0 radical (unpaired) electrons. The van der Waals surface area contributed by atoms with Crippen LogP contribution < -0.4 is 0 Å². The van der Waals surface area contributed by atoms with E-state index in [1.807, 2.05) is 58.0 Å². The summed E-state index contributed by atoms with van der Waals surface area (Å²) in [7, 11) is 0. The fourth-order valence-electron chi connectivity index (χ4n) is 1.77. The summed E-state index contributed by atoms with van der Waals surface area (Å²) < 4.78 is 7.10.